The highest BCUT2D eigenvalue weighted by Gasteiger charge is 2.43. The predicted molar refractivity (Wildman–Crippen MR) is 76.5 cm³/mol. The Morgan fingerprint density at radius 1 is 1.25 bits per heavy atom. The third-order valence-electron chi connectivity index (χ3n) is 4.83. The average molecular weight is 282 g/mol. The van der Waals surface area contributed by atoms with Crippen molar-refractivity contribution in [3.05, 3.63) is 0 Å². The molecule has 1 saturated heterocycles. The van der Waals surface area contributed by atoms with Crippen LogP contribution in [0.5, 0.6) is 0 Å². The smallest absolute Gasteiger partial charge is 0.323 e. The Kier molecular flexibility index (Phi) is 5.02. The lowest BCUT2D eigenvalue weighted by Crippen LogP contribution is -2.49. The standard InChI is InChI=1S/C15H26N2O3/c1-15(14(19)20)9-5-10-17(15)11-8-13(18)16-12-6-3-2-4-7-12/h12H,2-11H2,1H3,(H,16,18)(H,19,20). The van der Waals surface area contributed by atoms with Crippen LogP contribution in [0, 0.1) is 0 Å². The van der Waals surface area contributed by atoms with Crippen molar-refractivity contribution in [3.63, 3.8) is 0 Å². The maximum absolute atomic E-state index is 12.0. The molecule has 1 unspecified atom stereocenters. The van der Waals surface area contributed by atoms with Crippen molar-refractivity contribution in [1.29, 1.82) is 0 Å². The van der Waals surface area contributed by atoms with Gasteiger partial charge in [0, 0.05) is 19.0 Å². The molecule has 1 saturated carbocycles. The van der Waals surface area contributed by atoms with Crippen molar-refractivity contribution in [3.8, 4) is 0 Å². The van der Waals surface area contributed by atoms with Crippen molar-refractivity contribution in [1.82, 2.24) is 10.2 Å². The molecule has 2 aliphatic rings. The van der Waals surface area contributed by atoms with E-state index in [0.29, 0.717) is 25.4 Å². The first kappa shape index (κ1) is 15.3. The average Bonchev–Trinajstić information content (AvgIpc) is 2.80. The summed E-state index contributed by atoms with van der Waals surface area (Å²) in [5, 5.41) is 12.4. The molecule has 20 heavy (non-hydrogen) atoms. The molecule has 2 rings (SSSR count). The van der Waals surface area contributed by atoms with E-state index in [1.54, 1.807) is 6.92 Å². The molecule has 0 radical (unpaired) electrons. The number of hydrogen-bond donors (Lipinski definition) is 2. The lowest BCUT2D eigenvalue weighted by Gasteiger charge is -2.31. The van der Waals surface area contributed by atoms with E-state index in [0.717, 1.165) is 25.8 Å². The second-order valence-corrected chi connectivity index (χ2v) is 6.32. The number of rotatable bonds is 5. The number of nitrogens with zero attached hydrogens (tertiary/aromatic N) is 1. The van der Waals surface area contributed by atoms with Crippen LogP contribution in [-0.4, -0.2) is 46.6 Å². The zero-order chi connectivity index (χ0) is 14.6. The minimum Gasteiger partial charge on any atom is -0.480 e. The second kappa shape index (κ2) is 6.57. The Morgan fingerprint density at radius 3 is 2.60 bits per heavy atom. The van der Waals surface area contributed by atoms with Gasteiger partial charge in [0.2, 0.25) is 5.91 Å². The van der Waals surface area contributed by atoms with Crippen LogP contribution in [0.2, 0.25) is 0 Å². The van der Waals surface area contributed by atoms with E-state index in [1.807, 2.05) is 4.90 Å². The normalized spacial score (nSPS) is 28.4. The number of hydrogen-bond acceptors (Lipinski definition) is 3. The number of aliphatic carboxylic acids is 1. The molecule has 2 N–H and O–H groups in total. The Bertz CT molecular complexity index is 366. The summed E-state index contributed by atoms with van der Waals surface area (Å²) in [6.07, 6.45) is 7.82. The van der Waals surface area contributed by atoms with Gasteiger partial charge in [0.25, 0.3) is 0 Å². The molecule has 1 aliphatic heterocycles. The van der Waals surface area contributed by atoms with Crippen LogP contribution in [0.4, 0.5) is 0 Å². The van der Waals surface area contributed by atoms with Gasteiger partial charge in [0.05, 0.1) is 0 Å². The first-order valence-electron chi connectivity index (χ1n) is 7.80. The minimum atomic E-state index is -0.787. The number of carboxylic acid groups (broad SMARTS) is 1. The molecule has 1 heterocycles. The Labute approximate surface area is 120 Å². The zero-order valence-electron chi connectivity index (χ0n) is 12.4. The van der Waals surface area contributed by atoms with E-state index in [-0.39, 0.29) is 5.91 Å². The molecule has 2 fully saturated rings. The second-order valence-electron chi connectivity index (χ2n) is 6.32. The molecular formula is C15H26N2O3. The van der Waals surface area contributed by atoms with Crippen molar-refractivity contribution in [2.75, 3.05) is 13.1 Å². The topological polar surface area (TPSA) is 69.6 Å². The predicted octanol–water partition coefficient (Wildman–Crippen LogP) is 1.76. The summed E-state index contributed by atoms with van der Waals surface area (Å²) in [7, 11) is 0. The molecule has 5 nitrogen and oxygen atoms in total. The quantitative estimate of drug-likeness (QED) is 0.806. The van der Waals surface area contributed by atoms with Crippen LogP contribution in [0.3, 0.4) is 0 Å². The Hall–Kier alpha value is -1.10. The summed E-state index contributed by atoms with van der Waals surface area (Å²) in [6.45, 7) is 3.09. The van der Waals surface area contributed by atoms with Gasteiger partial charge in [-0.2, -0.15) is 0 Å². The summed E-state index contributed by atoms with van der Waals surface area (Å²) in [5.41, 5.74) is -0.787. The number of carboxylic acids is 1. The molecular weight excluding hydrogens is 256 g/mol. The lowest BCUT2D eigenvalue weighted by atomic mass is 9.95. The largest absolute Gasteiger partial charge is 0.480 e. The molecule has 0 bridgehead atoms. The third kappa shape index (κ3) is 3.51. The fourth-order valence-corrected chi connectivity index (χ4v) is 3.40. The molecule has 1 atom stereocenters. The summed E-state index contributed by atoms with van der Waals surface area (Å²) in [5.74, 6) is -0.709. The molecule has 114 valence electrons. The van der Waals surface area contributed by atoms with Gasteiger partial charge in [-0.15, -0.1) is 0 Å². The summed E-state index contributed by atoms with van der Waals surface area (Å²) in [6, 6.07) is 0.334. The van der Waals surface area contributed by atoms with E-state index < -0.39 is 11.5 Å². The van der Waals surface area contributed by atoms with Gasteiger partial charge in [-0.05, 0) is 39.2 Å². The molecule has 0 aromatic carbocycles. The summed E-state index contributed by atoms with van der Waals surface area (Å²) in [4.78, 5) is 25.3. The molecule has 0 aromatic heterocycles. The molecule has 1 aliphatic carbocycles. The van der Waals surface area contributed by atoms with Crippen molar-refractivity contribution >= 4 is 11.9 Å². The fourth-order valence-electron chi connectivity index (χ4n) is 3.40. The van der Waals surface area contributed by atoms with Gasteiger partial charge in [0.15, 0.2) is 0 Å². The first-order chi connectivity index (χ1) is 9.52. The minimum absolute atomic E-state index is 0.0662. The van der Waals surface area contributed by atoms with Crippen LogP contribution >= 0.6 is 0 Å². The molecule has 0 spiro atoms. The number of nitrogens with one attached hydrogen (secondary N) is 1. The van der Waals surface area contributed by atoms with Crippen LogP contribution in [-0.2, 0) is 9.59 Å². The number of likely N-dealkylation sites (tertiary alicyclic amines) is 1. The monoisotopic (exact) mass is 282 g/mol. The Balaban J connectivity index is 1.76. The summed E-state index contributed by atoms with van der Waals surface area (Å²) < 4.78 is 0. The highest BCUT2D eigenvalue weighted by molar-refractivity contribution is 5.79. The van der Waals surface area contributed by atoms with Crippen LogP contribution < -0.4 is 5.32 Å². The fraction of sp³-hybridized carbons (Fsp3) is 0.867. The maximum atomic E-state index is 12.0. The van der Waals surface area contributed by atoms with Gasteiger partial charge in [-0.3, -0.25) is 14.5 Å². The van der Waals surface area contributed by atoms with Gasteiger partial charge in [0.1, 0.15) is 5.54 Å². The van der Waals surface area contributed by atoms with Gasteiger partial charge in [-0.1, -0.05) is 19.3 Å². The van der Waals surface area contributed by atoms with E-state index in [9.17, 15) is 14.7 Å². The SMILES string of the molecule is CC1(C(=O)O)CCCN1CCC(=O)NC1CCCCC1. The van der Waals surface area contributed by atoms with Crippen LogP contribution in [0.25, 0.3) is 0 Å². The zero-order valence-corrected chi connectivity index (χ0v) is 12.4. The van der Waals surface area contributed by atoms with E-state index in [1.165, 1.54) is 19.3 Å². The lowest BCUT2D eigenvalue weighted by molar-refractivity contribution is -0.149. The van der Waals surface area contributed by atoms with Crippen molar-refractivity contribution < 1.29 is 14.7 Å². The maximum Gasteiger partial charge on any atom is 0.323 e. The first-order valence-corrected chi connectivity index (χ1v) is 7.80. The number of carbonyl (C=O) groups is 2. The molecule has 5 heteroatoms. The Morgan fingerprint density at radius 2 is 1.95 bits per heavy atom. The van der Waals surface area contributed by atoms with Gasteiger partial charge >= 0.3 is 5.97 Å². The molecule has 1 amide bonds. The van der Waals surface area contributed by atoms with E-state index in [2.05, 4.69) is 5.32 Å². The number of carbonyl (C=O) groups excluding carboxylic acids is 1. The number of amides is 1. The molecule has 0 aromatic rings. The van der Waals surface area contributed by atoms with E-state index in [4.69, 9.17) is 0 Å². The van der Waals surface area contributed by atoms with Gasteiger partial charge < -0.3 is 10.4 Å². The van der Waals surface area contributed by atoms with Crippen LogP contribution in [0.1, 0.15) is 58.3 Å². The highest BCUT2D eigenvalue weighted by atomic mass is 16.4. The van der Waals surface area contributed by atoms with Crippen LogP contribution in [0.15, 0.2) is 0 Å². The highest BCUT2D eigenvalue weighted by Crippen LogP contribution is 2.29. The van der Waals surface area contributed by atoms with Crippen molar-refractivity contribution in [2.24, 2.45) is 0 Å². The van der Waals surface area contributed by atoms with Gasteiger partial charge in [-0.25, -0.2) is 0 Å². The van der Waals surface area contributed by atoms with E-state index >= 15 is 0 Å². The van der Waals surface area contributed by atoms with Crippen molar-refractivity contribution in [2.45, 2.75) is 69.9 Å². The third-order valence-corrected chi connectivity index (χ3v) is 4.83. The summed E-state index contributed by atoms with van der Waals surface area (Å²) >= 11 is 0.